The minimum atomic E-state index is 0.475. The second-order valence-corrected chi connectivity index (χ2v) is 6.03. The highest BCUT2D eigenvalue weighted by molar-refractivity contribution is 5.67. The van der Waals surface area contributed by atoms with Gasteiger partial charge in [-0.1, -0.05) is 45.9 Å². The molecule has 0 saturated heterocycles. The Balaban J connectivity index is 2.58. The van der Waals surface area contributed by atoms with Crippen molar-refractivity contribution >= 4 is 5.69 Å². The van der Waals surface area contributed by atoms with Crippen LogP contribution in [-0.4, -0.2) is 4.98 Å². The lowest BCUT2D eigenvalue weighted by Crippen LogP contribution is -2.00. The first-order valence-corrected chi connectivity index (χ1v) is 7.27. The summed E-state index contributed by atoms with van der Waals surface area (Å²) in [5.41, 5.74) is 12.5. The van der Waals surface area contributed by atoms with Crippen LogP contribution in [0.3, 0.4) is 0 Å². The molecule has 0 bridgehead atoms. The van der Waals surface area contributed by atoms with E-state index in [4.69, 9.17) is 5.73 Å². The number of rotatable bonds is 3. The summed E-state index contributed by atoms with van der Waals surface area (Å²) >= 11 is 0. The summed E-state index contributed by atoms with van der Waals surface area (Å²) in [7, 11) is 0. The molecule has 1 aromatic heterocycles. The van der Waals surface area contributed by atoms with Crippen LogP contribution < -0.4 is 5.73 Å². The minimum Gasteiger partial charge on any atom is -0.397 e. The highest BCUT2D eigenvalue weighted by Crippen LogP contribution is 2.31. The average Bonchev–Trinajstić information content (AvgIpc) is 2.41. The fourth-order valence-electron chi connectivity index (χ4n) is 2.37. The van der Waals surface area contributed by atoms with E-state index in [1.807, 2.05) is 19.1 Å². The summed E-state index contributed by atoms with van der Waals surface area (Å²) < 4.78 is 0. The van der Waals surface area contributed by atoms with Gasteiger partial charge in [-0.3, -0.25) is 4.98 Å². The summed E-state index contributed by atoms with van der Waals surface area (Å²) in [4.78, 5) is 4.64. The van der Waals surface area contributed by atoms with E-state index < -0.39 is 0 Å². The first-order chi connectivity index (χ1) is 9.40. The monoisotopic (exact) mass is 268 g/mol. The number of aryl methyl sites for hydroxylation is 1. The van der Waals surface area contributed by atoms with Crippen LogP contribution in [0.4, 0.5) is 5.69 Å². The largest absolute Gasteiger partial charge is 0.397 e. The van der Waals surface area contributed by atoms with Crippen LogP contribution in [0.25, 0.3) is 11.3 Å². The fourth-order valence-corrected chi connectivity index (χ4v) is 2.37. The molecule has 106 valence electrons. The molecule has 2 N–H and O–H groups in total. The van der Waals surface area contributed by atoms with Gasteiger partial charge in [-0.05, 0) is 42.0 Å². The van der Waals surface area contributed by atoms with Gasteiger partial charge in [0, 0.05) is 5.56 Å². The number of benzene rings is 1. The van der Waals surface area contributed by atoms with Crippen molar-refractivity contribution in [2.45, 2.75) is 46.5 Å². The number of hydrogen-bond acceptors (Lipinski definition) is 2. The van der Waals surface area contributed by atoms with E-state index in [-0.39, 0.29) is 0 Å². The number of anilines is 1. The van der Waals surface area contributed by atoms with Crippen molar-refractivity contribution in [1.82, 2.24) is 4.98 Å². The van der Waals surface area contributed by atoms with Crippen molar-refractivity contribution in [2.24, 2.45) is 0 Å². The Morgan fingerprint density at radius 2 is 1.65 bits per heavy atom. The van der Waals surface area contributed by atoms with E-state index in [1.165, 1.54) is 16.7 Å². The lowest BCUT2D eigenvalue weighted by Gasteiger charge is -2.16. The Morgan fingerprint density at radius 1 is 0.950 bits per heavy atom. The quantitative estimate of drug-likeness (QED) is 0.861. The van der Waals surface area contributed by atoms with Crippen LogP contribution in [0, 0.1) is 6.92 Å². The Bertz CT molecular complexity index is 613. The molecule has 2 nitrogen and oxygen atoms in total. The van der Waals surface area contributed by atoms with Crippen molar-refractivity contribution in [3.05, 3.63) is 47.2 Å². The van der Waals surface area contributed by atoms with E-state index in [2.05, 4.69) is 50.9 Å². The minimum absolute atomic E-state index is 0.475. The third kappa shape index (κ3) is 2.84. The molecular weight excluding hydrogens is 244 g/mol. The molecule has 0 radical (unpaired) electrons. The highest BCUT2D eigenvalue weighted by Gasteiger charge is 2.12. The third-order valence-electron chi connectivity index (χ3n) is 3.77. The second-order valence-electron chi connectivity index (χ2n) is 6.03. The molecule has 0 aliphatic heterocycles. The van der Waals surface area contributed by atoms with Gasteiger partial charge in [-0.2, -0.15) is 0 Å². The molecule has 0 atom stereocenters. The van der Waals surface area contributed by atoms with E-state index in [0.29, 0.717) is 11.8 Å². The number of aromatic nitrogens is 1. The topological polar surface area (TPSA) is 38.9 Å². The number of nitrogens with zero attached hydrogens (tertiary/aromatic N) is 1. The van der Waals surface area contributed by atoms with Crippen LogP contribution in [-0.2, 0) is 0 Å². The van der Waals surface area contributed by atoms with Crippen molar-refractivity contribution in [3.63, 3.8) is 0 Å². The zero-order chi connectivity index (χ0) is 14.9. The normalized spacial score (nSPS) is 11.3. The molecule has 0 spiro atoms. The molecule has 2 heteroatoms. The van der Waals surface area contributed by atoms with Gasteiger partial charge in [-0.25, -0.2) is 0 Å². The Hall–Kier alpha value is -1.83. The smallest absolute Gasteiger partial charge is 0.0709 e. The first kappa shape index (κ1) is 14.6. The molecule has 2 rings (SSSR count). The summed E-state index contributed by atoms with van der Waals surface area (Å²) in [5, 5.41) is 0. The fraction of sp³-hybridized carbons (Fsp3) is 0.389. The van der Waals surface area contributed by atoms with E-state index in [0.717, 1.165) is 17.1 Å². The molecule has 0 aliphatic rings. The maximum atomic E-state index is 5.87. The van der Waals surface area contributed by atoms with Crippen LogP contribution in [0.5, 0.6) is 0 Å². The van der Waals surface area contributed by atoms with Crippen LogP contribution in [0.1, 0.15) is 56.4 Å². The Labute approximate surface area is 122 Å². The van der Waals surface area contributed by atoms with Gasteiger partial charge in [0.25, 0.3) is 0 Å². The van der Waals surface area contributed by atoms with E-state index >= 15 is 0 Å². The predicted octanol–water partition coefficient (Wildman–Crippen LogP) is 4.89. The van der Waals surface area contributed by atoms with Crippen molar-refractivity contribution in [1.29, 1.82) is 0 Å². The average molecular weight is 268 g/mol. The lowest BCUT2D eigenvalue weighted by atomic mass is 9.90. The SMILES string of the molecule is Cc1nc(-c2ccc(C(C)C)cc2C(C)C)ccc1N. The van der Waals surface area contributed by atoms with E-state index in [9.17, 15) is 0 Å². The first-order valence-electron chi connectivity index (χ1n) is 7.27. The van der Waals surface area contributed by atoms with Gasteiger partial charge in [0.05, 0.1) is 17.1 Å². The molecule has 1 heterocycles. The summed E-state index contributed by atoms with van der Waals surface area (Å²) in [6.07, 6.45) is 0. The van der Waals surface area contributed by atoms with Gasteiger partial charge < -0.3 is 5.73 Å². The van der Waals surface area contributed by atoms with Gasteiger partial charge in [0.15, 0.2) is 0 Å². The molecule has 0 amide bonds. The summed E-state index contributed by atoms with van der Waals surface area (Å²) in [6, 6.07) is 10.7. The van der Waals surface area contributed by atoms with E-state index in [1.54, 1.807) is 0 Å². The summed E-state index contributed by atoms with van der Waals surface area (Å²) in [6.45, 7) is 10.9. The Kier molecular flexibility index (Phi) is 4.12. The molecule has 0 saturated carbocycles. The number of nitrogen functional groups attached to an aromatic ring is 1. The van der Waals surface area contributed by atoms with Crippen LogP contribution >= 0.6 is 0 Å². The molecule has 0 aliphatic carbocycles. The predicted molar refractivity (Wildman–Crippen MR) is 87.0 cm³/mol. The van der Waals surface area contributed by atoms with Crippen LogP contribution in [0.2, 0.25) is 0 Å². The van der Waals surface area contributed by atoms with Crippen LogP contribution in [0.15, 0.2) is 30.3 Å². The number of hydrogen-bond donors (Lipinski definition) is 1. The standard InChI is InChI=1S/C18H24N2/c1-11(2)14-6-7-15(16(10-14)12(3)4)18-9-8-17(19)13(5)20-18/h6-12H,19H2,1-5H3. The van der Waals surface area contributed by atoms with Gasteiger partial charge >= 0.3 is 0 Å². The third-order valence-corrected chi connectivity index (χ3v) is 3.77. The zero-order valence-corrected chi connectivity index (χ0v) is 13.1. The van der Waals surface area contributed by atoms with Gasteiger partial charge in [0.2, 0.25) is 0 Å². The number of pyridine rings is 1. The van der Waals surface area contributed by atoms with Crippen molar-refractivity contribution in [3.8, 4) is 11.3 Å². The van der Waals surface area contributed by atoms with Gasteiger partial charge in [0.1, 0.15) is 0 Å². The Morgan fingerprint density at radius 3 is 2.20 bits per heavy atom. The number of nitrogens with two attached hydrogens (primary N) is 1. The lowest BCUT2D eigenvalue weighted by molar-refractivity contribution is 0.835. The highest BCUT2D eigenvalue weighted by atomic mass is 14.7. The summed E-state index contributed by atoms with van der Waals surface area (Å²) in [5.74, 6) is 1.02. The molecule has 20 heavy (non-hydrogen) atoms. The molecular formula is C18H24N2. The molecule has 0 fully saturated rings. The zero-order valence-electron chi connectivity index (χ0n) is 13.1. The molecule has 2 aromatic rings. The van der Waals surface area contributed by atoms with Crippen molar-refractivity contribution in [2.75, 3.05) is 5.73 Å². The van der Waals surface area contributed by atoms with Gasteiger partial charge in [-0.15, -0.1) is 0 Å². The van der Waals surface area contributed by atoms with Crippen molar-refractivity contribution < 1.29 is 0 Å². The second kappa shape index (κ2) is 5.66. The maximum Gasteiger partial charge on any atom is 0.0709 e. The molecule has 0 unspecified atom stereocenters. The molecule has 1 aromatic carbocycles. The maximum absolute atomic E-state index is 5.87.